The Morgan fingerprint density at radius 2 is 1.63 bits per heavy atom. The van der Waals surface area contributed by atoms with Gasteiger partial charge in [-0.3, -0.25) is 9.69 Å². The fraction of sp³-hybridized carbons (Fsp3) is 0. The average molecular weight is 452 g/mol. The second kappa shape index (κ2) is 8.83. The number of nitrogens with zero attached hydrogens (tertiary/aromatic N) is 1. The highest BCUT2D eigenvalue weighted by Gasteiger charge is 2.33. The summed E-state index contributed by atoms with van der Waals surface area (Å²) < 4.78 is 5.86. The summed E-state index contributed by atoms with van der Waals surface area (Å²) in [6.45, 7) is 0. The number of thioether (sulfide) groups is 1. The van der Waals surface area contributed by atoms with Gasteiger partial charge in [-0.15, -0.1) is 0 Å². The molecule has 0 N–H and O–H groups in total. The van der Waals surface area contributed by atoms with Crippen LogP contribution < -0.4 is 9.64 Å². The van der Waals surface area contributed by atoms with Gasteiger partial charge in [0.2, 0.25) is 0 Å². The summed E-state index contributed by atoms with van der Waals surface area (Å²) >= 11 is 12.7. The number of thiocarbonyl (C=S) groups is 1. The van der Waals surface area contributed by atoms with Crippen LogP contribution in [0, 0.1) is 0 Å². The standard InChI is InChI=1S/C23H14ClNO3S2/c24-19-9-5-4-8-18(19)22(27)28-17-12-10-15(11-13-17)14-20-21(26)25(23(29)30-20)16-6-2-1-3-7-16/h1-14H. The van der Waals surface area contributed by atoms with Gasteiger partial charge in [-0.1, -0.05) is 78.0 Å². The van der Waals surface area contributed by atoms with E-state index in [0.717, 1.165) is 11.3 Å². The number of ether oxygens (including phenoxy) is 1. The van der Waals surface area contributed by atoms with Gasteiger partial charge in [-0.2, -0.15) is 0 Å². The second-order valence-electron chi connectivity index (χ2n) is 6.29. The lowest BCUT2D eigenvalue weighted by Gasteiger charge is -2.13. The van der Waals surface area contributed by atoms with Crippen LogP contribution >= 0.6 is 35.6 Å². The van der Waals surface area contributed by atoms with Crippen LogP contribution in [0.15, 0.2) is 83.8 Å². The third-order valence-corrected chi connectivity index (χ3v) is 5.92. The lowest BCUT2D eigenvalue weighted by molar-refractivity contribution is -0.113. The van der Waals surface area contributed by atoms with Crippen LogP contribution in [0.5, 0.6) is 5.75 Å². The maximum absolute atomic E-state index is 12.8. The molecule has 1 saturated heterocycles. The quantitative estimate of drug-likeness (QED) is 0.212. The number of para-hydroxylation sites is 1. The van der Waals surface area contributed by atoms with Crippen molar-refractivity contribution in [2.45, 2.75) is 0 Å². The van der Waals surface area contributed by atoms with Gasteiger partial charge in [-0.25, -0.2) is 4.79 Å². The van der Waals surface area contributed by atoms with Crippen molar-refractivity contribution in [3.8, 4) is 5.75 Å². The number of hydrogen-bond acceptors (Lipinski definition) is 5. The smallest absolute Gasteiger partial charge is 0.345 e. The molecule has 1 aliphatic heterocycles. The highest BCUT2D eigenvalue weighted by molar-refractivity contribution is 8.27. The molecule has 1 heterocycles. The highest BCUT2D eigenvalue weighted by Crippen LogP contribution is 2.36. The van der Waals surface area contributed by atoms with E-state index in [9.17, 15) is 9.59 Å². The fourth-order valence-electron chi connectivity index (χ4n) is 2.84. The molecular formula is C23H14ClNO3S2. The third-order valence-electron chi connectivity index (χ3n) is 4.29. The zero-order valence-electron chi connectivity index (χ0n) is 15.4. The summed E-state index contributed by atoms with van der Waals surface area (Å²) in [4.78, 5) is 27.1. The van der Waals surface area contributed by atoms with Crippen molar-refractivity contribution in [2.24, 2.45) is 0 Å². The van der Waals surface area contributed by atoms with Crippen molar-refractivity contribution in [1.29, 1.82) is 0 Å². The Morgan fingerprint density at radius 3 is 2.33 bits per heavy atom. The van der Waals surface area contributed by atoms with Gasteiger partial charge in [0, 0.05) is 0 Å². The Kier molecular flexibility index (Phi) is 5.99. The Labute approximate surface area is 188 Å². The number of hydrogen-bond donors (Lipinski definition) is 0. The van der Waals surface area contributed by atoms with Crippen LogP contribution in [0.25, 0.3) is 6.08 Å². The highest BCUT2D eigenvalue weighted by atomic mass is 35.5. The second-order valence-corrected chi connectivity index (χ2v) is 8.37. The first-order chi connectivity index (χ1) is 14.5. The molecule has 0 spiro atoms. The number of carbonyl (C=O) groups is 2. The minimum atomic E-state index is -0.530. The molecule has 0 aliphatic carbocycles. The van der Waals surface area contributed by atoms with E-state index in [0.29, 0.717) is 25.6 Å². The molecule has 0 radical (unpaired) electrons. The zero-order chi connectivity index (χ0) is 21.1. The molecule has 0 bridgehead atoms. The topological polar surface area (TPSA) is 46.6 Å². The summed E-state index contributed by atoms with van der Waals surface area (Å²) in [5.41, 5.74) is 1.83. The minimum Gasteiger partial charge on any atom is -0.423 e. The molecule has 3 aromatic carbocycles. The first-order valence-corrected chi connectivity index (χ1v) is 10.5. The average Bonchev–Trinajstić information content (AvgIpc) is 3.03. The van der Waals surface area contributed by atoms with Gasteiger partial charge in [0.15, 0.2) is 4.32 Å². The molecule has 0 saturated carbocycles. The third kappa shape index (κ3) is 4.31. The van der Waals surface area contributed by atoms with E-state index in [2.05, 4.69) is 0 Å². The van der Waals surface area contributed by atoms with Crippen LogP contribution in [0.3, 0.4) is 0 Å². The first-order valence-electron chi connectivity index (χ1n) is 8.93. The van der Waals surface area contributed by atoms with Crippen molar-refractivity contribution in [3.05, 3.63) is 99.9 Å². The number of carbonyl (C=O) groups excluding carboxylic acids is 2. The Bertz CT molecular complexity index is 1160. The van der Waals surface area contributed by atoms with Crippen LogP contribution in [0.2, 0.25) is 5.02 Å². The number of benzene rings is 3. The maximum atomic E-state index is 12.8. The van der Waals surface area contributed by atoms with Gasteiger partial charge >= 0.3 is 5.97 Å². The zero-order valence-corrected chi connectivity index (χ0v) is 17.8. The van der Waals surface area contributed by atoms with Crippen molar-refractivity contribution in [3.63, 3.8) is 0 Å². The molecule has 4 nitrogen and oxygen atoms in total. The normalized spacial score (nSPS) is 15.0. The number of amides is 1. The van der Waals surface area contributed by atoms with E-state index < -0.39 is 5.97 Å². The van der Waals surface area contributed by atoms with Gasteiger partial charge in [0.25, 0.3) is 5.91 Å². The predicted molar refractivity (Wildman–Crippen MR) is 125 cm³/mol. The van der Waals surface area contributed by atoms with Crippen LogP contribution in [-0.2, 0) is 4.79 Å². The monoisotopic (exact) mass is 451 g/mol. The summed E-state index contributed by atoms with van der Waals surface area (Å²) in [6.07, 6.45) is 1.77. The lowest BCUT2D eigenvalue weighted by atomic mass is 10.2. The van der Waals surface area contributed by atoms with Crippen molar-refractivity contribution >= 4 is 63.5 Å². The van der Waals surface area contributed by atoms with Crippen LogP contribution in [0.4, 0.5) is 5.69 Å². The predicted octanol–water partition coefficient (Wildman–Crippen LogP) is 5.97. The maximum Gasteiger partial charge on any atom is 0.345 e. The Hall–Kier alpha value is -2.93. The fourth-order valence-corrected chi connectivity index (χ4v) is 4.35. The molecule has 148 valence electrons. The molecular weight excluding hydrogens is 438 g/mol. The van der Waals surface area contributed by atoms with E-state index in [-0.39, 0.29) is 5.91 Å². The van der Waals surface area contributed by atoms with Crippen molar-refractivity contribution in [1.82, 2.24) is 0 Å². The molecule has 1 amide bonds. The number of anilines is 1. The van der Waals surface area contributed by atoms with Gasteiger partial charge in [0.05, 0.1) is 21.2 Å². The Balaban J connectivity index is 1.49. The summed E-state index contributed by atoms with van der Waals surface area (Å²) in [5, 5.41) is 0.333. The molecule has 3 aromatic rings. The van der Waals surface area contributed by atoms with Gasteiger partial charge < -0.3 is 4.74 Å². The largest absolute Gasteiger partial charge is 0.423 e. The first kappa shape index (κ1) is 20.3. The van der Waals surface area contributed by atoms with Crippen LogP contribution in [-0.4, -0.2) is 16.2 Å². The van der Waals surface area contributed by atoms with Crippen LogP contribution in [0.1, 0.15) is 15.9 Å². The molecule has 0 atom stereocenters. The minimum absolute atomic E-state index is 0.162. The lowest BCUT2D eigenvalue weighted by Crippen LogP contribution is -2.27. The SMILES string of the molecule is O=C(Oc1ccc(C=C2SC(=S)N(c3ccccc3)C2=O)cc1)c1ccccc1Cl. The number of halogens is 1. The van der Waals surface area contributed by atoms with E-state index in [1.165, 1.54) is 16.7 Å². The molecule has 30 heavy (non-hydrogen) atoms. The van der Waals surface area contributed by atoms with Crippen molar-refractivity contribution < 1.29 is 14.3 Å². The van der Waals surface area contributed by atoms with Gasteiger partial charge in [-0.05, 0) is 48.0 Å². The molecule has 1 fully saturated rings. The molecule has 7 heteroatoms. The summed E-state index contributed by atoms with van der Waals surface area (Å²) in [5.74, 6) is -0.309. The van der Waals surface area contributed by atoms with E-state index >= 15 is 0 Å². The van der Waals surface area contributed by atoms with Crippen molar-refractivity contribution in [2.75, 3.05) is 4.90 Å². The molecule has 0 aromatic heterocycles. The molecule has 0 unspecified atom stereocenters. The number of esters is 1. The summed E-state index contributed by atoms with van der Waals surface area (Å²) in [7, 11) is 0. The summed E-state index contributed by atoms with van der Waals surface area (Å²) in [6, 6.07) is 22.9. The van der Waals surface area contributed by atoms with E-state index in [4.69, 9.17) is 28.6 Å². The van der Waals surface area contributed by atoms with E-state index in [1.807, 2.05) is 30.3 Å². The molecule has 1 aliphatic rings. The van der Waals surface area contributed by atoms with E-state index in [1.54, 1.807) is 54.6 Å². The Morgan fingerprint density at radius 1 is 0.967 bits per heavy atom. The van der Waals surface area contributed by atoms with Gasteiger partial charge in [0.1, 0.15) is 5.75 Å². The molecule has 4 rings (SSSR count). The number of rotatable bonds is 4.